The molecule has 1 N–H and O–H groups in total. The van der Waals surface area contributed by atoms with Crippen LogP contribution in [0.4, 0.5) is 0 Å². The van der Waals surface area contributed by atoms with Crippen molar-refractivity contribution in [3.8, 4) is 0 Å². The molecule has 0 spiro atoms. The van der Waals surface area contributed by atoms with E-state index < -0.39 is 0 Å². The van der Waals surface area contributed by atoms with E-state index in [4.69, 9.17) is 4.74 Å². The molecule has 0 fully saturated rings. The van der Waals surface area contributed by atoms with E-state index in [-0.39, 0.29) is 6.23 Å². The summed E-state index contributed by atoms with van der Waals surface area (Å²) < 4.78 is 5.57. The van der Waals surface area contributed by atoms with Gasteiger partial charge in [-0.05, 0) is 19.2 Å². The molecule has 0 bridgehead atoms. The zero-order valence-corrected chi connectivity index (χ0v) is 8.53. The molecule has 3 nitrogen and oxygen atoms in total. The van der Waals surface area contributed by atoms with E-state index in [1.165, 1.54) is 10.9 Å². The van der Waals surface area contributed by atoms with Gasteiger partial charge in [-0.2, -0.15) is 0 Å². The Morgan fingerprint density at radius 3 is 3.13 bits per heavy atom. The zero-order chi connectivity index (χ0) is 10.3. The molecule has 1 aliphatic heterocycles. The van der Waals surface area contributed by atoms with Crippen LogP contribution < -0.4 is 5.32 Å². The van der Waals surface area contributed by atoms with Gasteiger partial charge in [-0.1, -0.05) is 18.2 Å². The van der Waals surface area contributed by atoms with Crippen molar-refractivity contribution in [3.63, 3.8) is 0 Å². The predicted molar refractivity (Wildman–Crippen MR) is 58.3 cm³/mol. The van der Waals surface area contributed by atoms with Crippen molar-refractivity contribution in [2.45, 2.75) is 12.8 Å². The van der Waals surface area contributed by atoms with Gasteiger partial charge in [0.15, 0.2) is 6.23 Å². The van der Waals surface area contributed by atoms with Crippen LogP contribution in [-0.4, -0.2) is 12.0 Å². The van der Waals surface area contributed by atoms with Gasteiger partial charge in [-0.15, -0.1) is 0 Å². The van der Waals surface area contributed by atoms with Crippen molar-refractivity contribution in [2.75, 3.05) is 7.05 Å². The number of rotatable bonds is 1. The number of hydrogen-bond donors (Lipinski definition) is 1. The minimum Gasteiger partial charge on any atom is -0.353 e. The second-order valence-corrected chi connectivity index (χ2v) is 3.71. The fraction of sp³-hybridized carbons (Fsp3) is 0.250. The van der Waals surface area contributed by atoms with Gasteiger partial charge in [-0.3, -0.25) is 5.32 Å². The normalized spacial score (nSPS) is 19.4. The average molecular weight is 200 g/mol. The summed E-state index contributed by atoms with van der Waals surface area (Å²) in [6.45, 7) is 0.651. The molecular weight excluding hydrogens is 188 g/mol. The van der Waals surface area contributed by atoms with Gasteiger partial charge in [0, 0.05) is 10.9 Å². The summed E-state index contributed by atoms with van der Waals surface area (Å²) in [6, 6.07) is 10.3. The summed E-state index contributed by atoms with van der Waals surface area (Å²) in [5.74, 6) is 0. The molecule has 1 aromatic heterocycles. The van der Waals surface area contributed by atoms with Gasteiger partial charge >= 0.3 is 0 Å². The lowest BCUT2D eigenvalue weighted by Gasteiger charge is -2.08. The van der Waals surface area contributed by atoms with Gasteiger partial charge in [0.2, 0.25) is 0 Å². The minimum atomic E-state index is -0.0513. The first-order chi connectivity index (χ1) is 7.38. The lowest BCUT2D eigenvalue weighted by molar-refractivity contribution is 0.0457. The fourth-order valence-corrected chi connectivity index (χ4v) is 1.99. The van der Waals surface area contributed by atoms with Gasteiger partial charge in [0.1, 0.15) is 0 Å². The van der Waals surface area contributed by atoms with Crippen molar-refractivity contribution in [1.29, 1.82) is 0 Å². The molecule has 76 valence electrons. The van der Waals surface area contributed by atoms with E-state index in [9.17, 15) is 0 Å². The number of hydrogen-bond acceptors (Lipinski definition) is 3. The van der Waals surface area contributed by atoms with E-state index in [2.05, 4.69) is 22.4 Å². The van der Waals surface area contributed by atoms with Crippen LogP contribution in [0.3, 0.4) is 0 Å². The van der Waals surface area contributed by atoms with Crippen LogP contribution >= 0.6 is 0 Å². The number of para-hydroxylation sites is 1. The molecule has 1 aromatic carbocycles. The molecule has 0 radical (unpaired) electrons. The maximum atomic E-state index is 5.57. The average Bonchev–Trinajstić information content (AvgIpc) is 2.68. The smallest absolute Gasteiger partial charge is 0.151 e. The van der Waals surface area contributed by atoms with Crippen LogP contribution in [0.25, 0.3) is 10.9 Å². The highest BCUT2D eigenvalue weighted by Gasteiger charge is 2.23. The lowest BCUT2D eigenvalue weighted by atomic mass is 10.1. The highest BCUT2D eigenvalue weighted by molar-refractivity contribution is 5.79. The third-order valence-electron chi connectivity index (χ3n) is 2.75. The van der Waals surface area contributed by atoms with E-state index in [0.29, 0.717) is 6.61 Å². The maximum absolute atomic E-state index is 5.57. The molecule has 0 saturated heterocycles. The minimum absolute atomic E-state index is 0.0513. The highest BCUT2D eigenvalue weighted by atomic mass is 16.5. The predicted octanol–water partition coefficient (Wildman–Crippen LogP) is 1.98. The van der Waals surface area contributed by atoms with Crippen LogP contribution in [0, 0.1) is 0 Å². The molecule has 1 aliphatic rings. The summed E-state index contributed by atoms with van der Waals surface area (Å²) >= 11 is 0. The Morgan fingerprint density at radius 2 is 2.27 bits per heavy atom. The quantitative estimate of drug-likeness (QED) is 0.764. The van der Waals surface area contributed by atoms with Crippen molar-refractivity contribution in [1.82, 2.24) is 10.3 Å². The second-order valence-electron chi connectivity index (χ2n) is 3.71. The van der Waals surface area contributed by atoms with Crippen LogP contribution in [-0.2, 0) is 11.3 Å². The topological polar surface area (TPSA) is 34.1 Å². The van der Waals surface area contributed by atoms with Crippen molar-refractivity contribution in [3.05, 3.63) is 41.6 Å². The van der Waals surface area contributed by atoms with E-state index >= 15 is 0 Å². The maximum Gasteiger partial charge on any atom is 0.151 e. The Kier molecular flexibility index (Phi) is 1.94. The van der Waals surface area contributed by atoms with Gasteiger partial charge in [0.25, 0.3) is 0 Å². The molecule has 1 unspecified atom stereocenters. The first-order valence-corrected chi connectivity index (χ1v) is 5.06. The first-order valence-electron chi connectivity index (χ1n) is 5.06. The summed E-state index contributed by atoms with van der Waals surface area (Å²) in [6.07, 6.45) is -0.0513. The first kappa shape index (κ1) is 8.83. The molecule has 3 rings (SSSR count). The molecular formula is C12H12N2O. The van der Waals surface area contributed by atoms with Gasteiger partial charge in [0.05, 0.1) is 17.8 Å². The number of aromatic nitrogens is 1. The Balaban J connectivity index is 2.23. The molecule has 3 heteroatoms. The highest BCUT2D eigenvalue weighted by Crippen LogP contribution is 2.29. The number of benzene rings is 1. The molecule has 0 amide bonds. The summed E-state index contributed by atoms with van der Waals surface area (Å²) in [4.78, 5) is 4.62. The summed E-state index contributed by atoms with van der Waals surface area (Å²) in [5, 5.41) is 4.28. The monoisotopic (exact) mass is 200 g/mol. The second kappa shape index (κ2) is 3.29. The number of nitrogens with zero attached hydrogens (tertiary/aromatic N) is 1. The molecule has 0 aliphatic carbocycles. The lowest BCUT2D eigenvalue weighted by Crippen LogP contribution is -2.15. The van der Waals surface area contributed by atoms with E-state index in [1.807, 2.05) is 25.2 Å². The molecule has 0 saturated carbocycles. The van der Waals surface area contributed by atoms with Crippen LogP contribution in [0.15, 0.2) is 30.3 Å². The fourth-order valence-electron chi connectivity index (χ4n) is 1.99. The van der Waals surface area contributed by atoms with Crippen molar-refractivity contribution < 1.29 is 4.74 Å². The van der Waals surface area contributed by atoms with Crippen LogP contribution in [0.1, 0.15) is 17.5 Å². The SMILES string of the molecule is CNC1OCc2cc3ccccc3nc21. The van der Waals surface area contributed by atoms with Crippen molar-refractivity contribution in [2.24, 2.45) is 0 Å². The largest absolute Gasteiger partial charge is 0.353 e. The molecule has 2 heterocycles. The third kappa shape index (κ3) is 1.32. The number of fused-ring (bicyclic) bond motifs is 2. The van der Waals surface area contributed by atoms with E-state index in [1.54, 1.807) is 0 Å². The van der Waals surface area contributed by atoms with E-state index in [0.717, 1.165) is 11.2 Å². The van der Waals surface area contributed by atoms with Crippen molar-refractivity contribution >= 4 is 10.9 Å². The molecule has 15 heavy (non-hydrogen) atoms. The Morgan fingerprint density at radius 1 is 1.40 bits per heavy atom. The van der Waals surface area contributed by atoms with Crippen LogP contribution in [0.2, 0.25) is 0 Å². The zero-order valence-electron chi connectivity index (χ0n) is 8.53. The summed E-state index contributed by atoms with van der Waals surface area (Å²) in [5.41, 5.74) is 3.24. The Hall–Kier alpha value is -1.45. The Bertz CT molecular complexity index is 510. The number of nitrogens with one attached hydrogen (secondary N) is 1. The Labute approximate surface area is 88.1 Å². The molecule has 2 aromatic rings. The van der Waals surface area contributed by atoms with Crippen LogP contribution in [0.5, 0.6) is 0 Å². The van der Waals surface area contributed by atoms with Gasteiger partial charge in [-0.25, -0.2) is 4.98 Å². The third-order valence-corrected chi connectivity index (χ3v) is 2.75. The standard InChI is InChI=1S/C12H12N2O/c1-13-12-11-9(7-15-12)6-8-4-2-3-5-10(8)14-11/h2-6,12-13H,7H2,1H3. The van der Waals surface area contributed by atoms with Gasteiger partial charge < -0.3 is 4.74 Å². The number of pyridine rings is 1. The molecule has 1 atom stereocenters. The summed E-state index contributed by atoms with van der Waals surface area (Å²) in [7, 11) is 1.89. The number of ether oxygens (including phenoxy) is 1.